The molecule has 78 valence electrons. The maximum absolute atomic E-state index is 11.7. The number of fused-ring (bicyclic) bond motifs is 1. The number of hydrogen-bond donors (Lipinski definition) is 1. The number of carboxylic acid groups (broad SMARTS) is 1. The predicted molar refractivity (Wildman–Crippen MR) is 51.9 cm³/mol. The quantitative estimate of drug-likeness (QED) is 0.797. The highest BCUT2D eigenvalue weighted by molar-refractivity contribution is 6.03. The van der Waals surface area contributed by atoms with Crippen molar-refractivity contribution in [1.29, 1.82) is 0 Å². The maximum Gasteiger partial charge on any atom is 0.329 e. The molecule has 1 aromatic rings. The SMILES string of the molecule is O=C(O)COC1Cc2ccccc2C1=O. The zero-order valence-corrected chi connectivity index (χ0v) is 7.97. The fourth-order valence-electron chi connectivity index (χ4n) is 1.71. The Kier molecular flexibility index (Phi) is 2.51. The van der Waals surface area contributed by atoms with Crippen molar-refractivity contribution in [2.75, 3.05) is 6.61 Å². The fraction of sp³-hybridized carbons (Fsp3) is 0.273. The van der Waals surface area contributed by atoms with Crippen LogP contribution in [0.3, 0.4) is 0 Å². The number of ether oxygens (including phenoxy) is 1. The zero-order valence-electron chi connectivity index (χ0n) is 7.97. The summed E-state index contributed by atoms with van der Waals surface area (Å²) in [5.74, 6) is -1.18. The van der Waals surface area contributed by atoms with Crippen molar-refractivity contribution in [3.05, 3.63) is 35.4 Å². The van der Waals surface area contributed by atoms with Gasteiger partial charge in [0.2, 0.25) is 0 Å². The van der Waals surface area contributed by atoms with Crippen molar-refractivity contribution in [2.45, 2.75) is 12.5 Å². The van der Waals surface area contributed by atoms with E-state index >= 15 is 0 Å². The Bertz CT molecular complexity index is 411. The Morgan fingerprint density at radius 1 is 1.47 bits per heavy atom. The van der Waals surface area contributed by atoms with Gasteiger partial charge in [0.1, 0.15) is 12.7 Å². The first kappa shape index (κ1) is 9.86. The van der Waals surface area contributed by atoms with Gasteiger partial charge in [-0.3, -0.25) is 4.79 Å². The van der Waals surface area contributed by atoms with Crippen molar-refractivity contribution >= 4 is 11.8 Å². The van der Waals surface area contributed by atoms with Crippen LogP contribution in [-0.2, 0) is 16.0 Å². The van der Waals surface area contributed by atoms with Crippen LogP contribution in [0, 0.1) is 0 Å². The number of carbonyl (C=O) groups is 2. The van der Waals surface area contributed by atoms with Gasteiger partial charge in [0.15, 0.2) is 5.78 Å². The molecule has 1 aromatic carbocycles. The topological polar surface area (TPSA) is 63.6 Å². The molecule has 0 spiro atoms. The molecular weight excluding hydrogens is 196 g/mol. The Balaban J connectivity index is 2.10. The minimum absolute atomic E-state index is 0.119. The summed E-state index contributed by atoms with van der Waals surface area (Å²) in [6.45, 7) is -0.426. The van der Waals surface area contributed by atoms with Crippen LogP contribution in [0.25, 0.3) is 0 Å². The smallest absolute Gasteiger partial charge is 0.329 e. The van der Waals surface area contributed by atoms with Gasteiger partial charge in [0, 0.05) is 12.0 Å². The number of carbonyl (C=O) groups excluding carboxylic acids is 1. The van der Waals surface area contributed by atoms with Gasteiger partial charge in [0.25, 0.3) is 0 Å². The van der Waals surface area contributed by atoms with Crippen LogP contribution in [-0.4, -0.2) is 29.6 Å². The molecule has 1 aliphatic rings. The van der Waals surface area contributed by atoms with Crippen LogP contribution in [0.1, 0.15) is 15.9 Å². The number of aliphatic carboxylic acids is 1. The van der Waals surface area contributed by atoms with Crippen LogP contribution in [0.5, 0.6) is 0 Å². The van der Waals surface area contributed by atoms with E-state index in [4.69, 9.17) is 9.84 Å². The van der Waals surface area contributed by atoms with Gasteiger partial charge in [-0.05, 0) is 5.56 Å². The predicted octanol–water partition coefficient (Wildman–Crippen LogP) is 0.895. The Morgan fingerprint density at radius 2 is 2.20 bits per heavy atom. The highest BCUT2D eigenvalue weighted by Crippen LogP contribution is 2.23. The molecule has 0 radical (unpaired) electrons. The first-order valence-electron chi connectivity index (χ1n) is 4.64. The molecule has 1 N–H and O–H groups in total. The number of ketones is 1. The van der Waals surface area contributed by atoms with Gasteiger partial charge in [-0.25, -0.2) is 4.79 Å². The maximum atomic E-state index is 11.7. The van der Waals surface area contributed by atoms with E-state index in [2.05, 4.69) is 0 Å². The lowest BCUT2D eigenvalue weighted by Crippen LogP contribution is -2.23. The third kappa shape index (κ3) is 1.89. The average molecular weight is 206 g/mol. The van der Waals surface area contributed by atoms with E-state index < -0.39 is 18.7 Å². The Morgan fingerprint density at radius 3 is 2.87 bits per heavy atom. The lowest BCUT2D eigenvalue weighted by atomic mass is 10.1. The summed E-state index contributed by atoms with van der Waals surface area (Å²) in [6, 6.07) is 7.24. The molecule has 0 aliphatic heterocycles. The molecule has 0 amide bonds. The van der Waals surface area contributed by atoms with Gasteiger partial charge >= 0.3 is 5.97 Å². The minimum Gasteiger partial charge on any atom is -0.480 e. The molecule has 4 nitrogen and oxygen atoms in total. The molecule has 0 saturated carbocycles. The first-order chi connectivity index (χ1) is 7.18. The van der Waals surface area contributed by atoms with Crippen LogP contribution >= 0.6 is 0 Å². The van der Waals surface area contributed by atoms with Crippen LogP contribution in [0.4, 0.5) is 0 Å². The summed E-state index contributed by atoms with van der Waals surface area (Å²) < 4.78 is 5.01. The second-order valence-electron chi connectivity index (χ2n) is 3.42. The normalized spacial score (nSPS) is 18.9. The lowest BCUT2D eigenvalue weighted by molar-refractivity contribution is -0.143. The second-order valence-corrected chi connectivity index (χ2v) is 3.42. The highest BCUT2D eigenvalue weighted by Gasteiger charge is 2.31. The van der Waals surface area contributed by atoms with E-state index in [1.54, 1.807) is 12.1 Å². The van der Waals surface area contributed by atoms with Crippen molar-refractivity contribution in [1.82, 2.24) is 0 Å². The van der Waals surface area contributed by atoms with Gasteiger partial charge in [-0.1, -0.05) is 24.3 Å². The van der Waals surface area contributed by atoms with Crippen molar-refractivity contribution in [3.63, 3.8) is 0 Å². The zero-order chi connectivity index (χ0) is 10.8. The summed E-state index contributed by atoms with van der Waals surface area (Å²) in [5.41, 5.74) is 1.57. The van der Waals surface area contributed by atoms with Gasteiger partial charge in [0.05, 0.1) is 0 Å². The number of hydrogen-bond acceptors (Lipinski definition) is 3. The molecule has 0 bridgehead atoms. The third-order valence-corrected chi connectivity index (χ3v) is 2.39. The third-order valence-electron chi connectivity index (χ3n) is 2.39. The molecular formula is C11H10O4. The van der Waals surface area contributed by atoms with Crippen LogP contribution in [0.15, 0.2) is 24.3 Å². The van der Waals surface area contributed by atoms with E-state index in [-0.39, 0.29) is 5.78 Å². The van der Waals surface area contributed by atoms with Crippen molar-refractivity contribution < 1.29 is 19.4 Å². The van der Waals surface area contributed by atoms with Gasteiger partial charge < -0.3 is 9.84 Å². The van der Waals surface area contributed by atoms with Crippen LogP contribution in [0.2, 0.25) is 0 Å². The van der Waals surface area contributed by atoms with E-state index in [1.165, 1.54) is 0 Å². The average Bonchev–Trinajstić information content (AvgIpc) is 2.54. The number of carboxylic acids is 1. The van der Waals surface area contributed by atoms with Crippen LogP contribution < -0.4 is 0 Å². The molecule has 15 heavy (non-hydrogen) atoms. The van der Waals surface area contributed by atoms with Crippen molar-refractivity contribution in [3.8, 4) is 0 Å². The Labute approximate surface area is 86.5 Å². The second kappa shape index (κ2) is 3.82. The Hall–Kier alpha value is -1.68. The highest BCUT2D eigenvalue weighted by atomic mass is 16.5. The van der Waals surface area contributed by atoms with E-state index in [1.807, 2.05) is 12.1 Å². The summed E-state index contributed by atoms with van der Waals surface area (Å²) in [5, 5.41) is 8.44. The molecule has 0 fully saturated rings. The monoisotopic (exact) mass is 206 g/mol. The first-order valence-corrected chi connectivity index (χ1v) is 4.64. The molecule has 0 aromatic heterocycles. The summed E-state index contributed by atoms with van der Waals surface area (Å²) in [6.07, 6.45) is -0.152. The molecule has 0 heterocycles. The molecule has 2 rings (SSSR count). The number of benzene rings is 1. The summed E-state index contributed by atoms with van der Waals surface area (Å²) >= 11 is 0. The van der Waals surface area contributed by atoms with E-state index in [0.717, 1.165) is 5.56 Å². The standard InChI is InChI=1S/C11H10O4/c12-10(13)6-15-9-5-7-3-1-2-4-8(7)11(9)14/h1-4,9H,5-6H2,(H,12,13). The largest absolute Gasteiger partial charge is 0.480 e. The molecule has 4 heteroatoms. The van der Waals surface area contributed by atoms with E-state index in [9.17, 15) is 9.59 Å². The molecule has 1 atom stereocenters. The molecule has 0 saturated heterocycles. The molecule has 1 aliphatic carbocycles. The van der Waals surface area contributed by atoms with Gasteiger partial charge in [-0.15, -0.1) is 0 Å². The summed E-state index contributed by atoms with van der Waals surface area (Å²) in [7, 11) is 0. The molecule has 1 unspecified atom stereocenters. The number of rotatable bonds is 3. The van der Waals surface area contributed by atoms with E-state index in [0.29, 0.717) is 12.0 Å². The van der Waals surface area contributed by atoms with Gasteiger partial charge in [-0.2, -0.15) is 0 Å². The van der Waals surface area contributed by atoms with Crippen molar-refractivity contribution in [2.24, 2.45) is 0 Å². The lowest BCUT2D eigenvalue weighted by Gasteiger charge is -2.06. The summed E-state index contributed by atoms with van der Waals surface area (Å²) in [4.78, 5) is 22.0. The fourth-order valence-corrected chi connectivity index (χ4v) is 1.71. The minimum atomic E-state index is -1.06. The number of Topliss-reactive ketones (excluding diaryl/α,β-unsaturated/α-hetero) is 1.